The van der Waals surface area contributed by atoms with Crippen molar-refractivity contribution in [2.24, 2.45) is 0 Å². The summed E-state index contributed by atoms with van der Waals surface area (Å²) in [6.07, 6.45) is 1.45. The van der Waals surface area contributed by atoms with Gasteiger partial charge in [-0.25, -0.2) is 14.6 Å². The first-order valence-electron chi connectivity index (χ1n) is 9.61. The molecular weight excluding hydrogens is 458 g/mol. The van der Waals surface area contributed by atoms with Crippen LogP contribution in [0.25, 0.3) is 5.82 Å². The number of nitrogens with zero attached hydrogens (tertiary/aromatic N) is 4. The highest BCUT2D eigenvalue weighted by atomic mass is 79.9. The minimum Gasteiger partial charge on any atom is -0.439 e. The first-order valence-corrected chi connectivity index (χ1v) is 10.4. The number of rotatable bonds is 5. The molecular formula is C23H20BrN5O2. The normalized spacial score (nSPS) is 10.7. The molecule has 2 aromatic heterocycles. The zero-order valence-corrected chi connectivity index (χ0v) is 18.8. The number of carbonyl (C=O) groups excluding carboxylic acids is 1. The molecule has 0 fully saturated rings. The van der Waals surface area contributed by atoms with Gasteiger partial charge >= 0.3 is 0 Å². The molecule has 156 valence electrons. The third-order valence-corrected chi connectivity index (χ3v) is 5.47. The van der Waals surface area contributed by atoms with E-state index in [0.717, 1.165) is 21.4 Å². The van der Waals surface area contributed by atoms with Gasteiger partial charge in [0.2, 0.25) is 5.88 Å². The highest BCUT2D eigenvalue weighted by Crippen LogP contribution is 2.24. The molecule has 1 N–H and O–H groups in total. The number of ether oxygens (including phenoxy) is 1. The number of halogens is 1. The van der Waals surface area contributed by atoms with Crippen LogP contribution in [0.1, 0.15) is 27.3 Å². The Labute approximate surface area is 188 Å². The van der Waals surface area contributed by atoms with E-state index in [0.29, 0.717) is 28.7 Å². The van der Waals surface area contributed by atoms with Crippen molar-refractivity contribution in [2.45, 2.75) is 20.8 Å². The van der Waals surface area contributed by atoms with Crippen LogP contribution >= 0.6 is 15.9 Å². The Bertz CT molecular complexity index is 1230. The Morgan fingerprint density at radius 1 is 1.00 bits per heavy atom. The molecule has 0 aliphatic carbocycles. The summed E-state index contributed by atoms with van der Waals surface area (Å²) >= 11 is 3.36. The highest BCUT2D eigenvalue weighted by Gasteiger charge is 2.12. The van der Waals surface area contributed by atoms with Crippen LogP contribution in [0, 0.1) is 20.8 Å². The van der Waals surface area contributed by atoms with Gasteiger partial charge in [0, 0.05) is 27.5 Å². The fourth-order valence-electron chi connectivity index (χ4n) is 2.98. The lowest BCUT2D eigenvalue weighted by Crippen LogP contribution is -2.11. The third kappa shape index (κ3) is 4.64. The average molecular weight is 478 g/mol. The van der Waals surface area contributed by atoms with E-state index < -0.39 is 0 Å². The Hall–Kier alpha value is -3.52. The molecule has 0 bridgehead atoms. The van der Waals surface area contributed by atoms with Crippen LogP contribution in [0.15, 0.2) is 65.4 Å². The largest absolute Gasteiger partial charge is 0.439 e. The maximum atomic E-state index is 12.3. The van der Waals surface area contributed by atoms with Crippen LogP contribution in [0.4, 0.5) is 5.69 Å². The minimum atomic E-state index is -0.179. The molecule has 2 aromatic carbocycles. The maximum absolute atomic E-state index is 12.3. The van der Waals surface area contributed by atoms with Crippen molar-refractivity contribution in [3.8, 4) is 17.4 Å². The van der Waals surface area contributed by atoms with Crippen LogP contribution in [0.5, 0.6) is 11.6 Å². The average Bonchev–Trinajstić information content (AvgIpc) is 3.03. The predicted octanol–water partition coefficient (Wildman–Crippen LogP) is 5.39. The van der Waals surface area contributed by atoms with Crippen LogP contribution in [-0.2, 0) is 0 Å². The Kier molecular flexibility index (Phi) is 5.81. The van der Waals surface area contributed by atoms with E-state index in [1.165, 1.54) is 6.33 Å². The van der Waals surface area contributed by atoms with Gasteiger partial charge in [0.1, 0.15) is 12.1 Å². The van der Waals surface area contributed by atoms with Crippen molar-refractivity contribution in [3.63, 3.8) is 0 Å². The third-order valence-electron chi connectivity index (χ3n) is 4.94. The summed E-state index contributed by atoms with van der Waals surface area (Å²) in [4.78, 5) is 20.8. The molecule has 4 rings (SSSR count). The van der Waals surface area contributed by atoms with Crippen molar-refractivity contribution in [3.05, 3.63) is 87.9 Å². The van der Waals surface area contributed by atoms with Crippen molar-refractivity contribution in [1.82, 2.24) is 19.7 Å². The summed E-state index contributed by atoms with van der Waals surface area (Å²) in [6, 6.07) is 16.0. The number of amides is 1. The number of hydrogen-bond donors (Lipinski definition) is 1. The van der Waals surface area contributed by atoms with E-state index in [2.05, 4.69) is 36.3 Å². The lowest BCUT2D eigenvalue weighted by atomic mass is 10.2. The summed E-state index contributed by atoms with van der Waals surface area (Å²) in [6.45, 7) is 6.00. The molecule has 0 saturated carbocycles. The molecule has 0 aliphatic rings. The molecule has 2 heterocycles. The lowest BCUT2D eigenvalue weighted by molar-refractivity contribution is 0.102. The number of nitrogens with one attached hydrogen (secondary N) is 1. The number of carbonyl (C=O) groups is 1. The van der Waals surface area contributed by atoms with Gasteiger partial charge in [0.05, 0.1) is 5.69 Å². The molecule has 0 unspecified atom stereocenters. The van der Waals surface area contributed by atoms with Gasteiger partial charge < -0.3 is 10.1 Å². The number of aryl methyl sites for hydroxylation is 1. The summed E-state index contributed by atoms with van der Waals surface area (Å²) in [5.74, 6) is 1.46. The minimum absolute atomic E-state index is 0.179. The predicted molar refractivity (Wildman–Crippen MR) is 122 cm³/mol. The second-order valence-corrected chi connectivity index (χ2v) is 7.93. The van der Waals surface area contributed by atoms with Gasteiger partial charge in [-0.3, -0.25) is 4.79 Å². The molecule has 0 radical (unpaired) electrons. The van der Waals surface area contributed by atoms with Gasteiger partial charge in [-0.05, 0) is 74.9 Å². The Morgan fingerprint density at radius 2 is 1.71 bits per heavy atom. The number of benzene rings is 2. The van der Waals surface area contributed by atoms with E-state index in [1.807, 2.05) is 32.9 Å². The van der Waals surface area contributed by atoms with Gasteiger partial charge in [-0.15, -0.1) is 0 Å². The van der Waals surface area contributed by atoms with E-state index in [1.54, 1.807) is 47.1 Å². The first kappa shape index (κ1) is 20.7. The van der Waals surface area contributed by atoms with Crippen molar-refractivity contribution < 1.29 is 9.53 Å². The van der Waals surface area contributed by atoms with Crippen LogP contribution < -0.4 is 10.1 Å². The monoisotopic (exact) mass is 477 g/mol. The zero-order chi connectivity index (χ0) is 22.0. The van der Waals surface area contributed by atoms with Gasteiger partial charge in [-0.1, -0.05) is 15.9 Å². The van der Waals surface area contributed by atoms with E-state index in [-0.39, 0.29) is 5.91 Å². The van der Waals surface area contributed by atoms with E-state index >= 15 is 0 Å². The first-order chi connectivity index (χ1) is 14.9. The van der Waals surface area contributed by atoms with E-state index in [4.69, 9.17) is 4.74 Å². The molecule has 1 amide bonds. The van der Waals surface area contributed by atoms with Crippen molar-refractivity contribution in [1.29, 1.82) is 0 Å². The smallest absolute Gasteiger partial charge is 0.255 e. The molecule has 0 aliphatic heterocycles. The SMILES string of the molecule is Cc1nn(-c2cc(Oc3ccc(NC(=O)c4ccc(Br)cc4)cc3)ncn2)c(C)c1C. The Balaban J connectivity index is 1.46. The Morgan fingerprint density at radius 3 is 2.35 bits per heavy atom. The van der Waals surface area contributed by atoms with Gasteiger partial charge in [0.15, 0.2) is 5.82 Å². The molecule has 7 nitrogen and oxygen atoms in total. The summed E-state index contributed by atoms with van der Waals surface area (Å²) in [7, 11) is 0. The van der Waals surface area contributed by atoms with Gasteiger partial charge in [-0.2, -0.15) is 5.10 Å². The van der Waals surface area contributed by atoms with Crippen LogP contribution in [0.2, 0.25) is 0 Å². The fourth-order valence-corrected chi connectivity index (χ4v) is 3.24. The van der Waals surface area contributed by atoms with Crippen molar-refractivity contribution in [2.75, 3.05) is 5.32 Å². The highest BCUT2D eigenvalue weighted by molar-refractivity contribution is 9.10. The zero-order valence-electron chi connectivity index (χ0n) is 17.3. The molecule has 4 aromatic rings. The molecule has 0 saturated heterocycles. The summed E-state index contributed by atoms with van der Waals surface area (Å²) in [5.41, 5.74) is 4.35. The van der Waals surface area contributed by atoms with Crippen molar-refractivity contribution >= 4 is 27.5 Å². The lowest BCUT2D eigenvalue weighted by Gasteiger charge is -2.09. The quantitative estimate of drug-likeness (QED) is 0.416. The maximum Gasteiger partial charge on any atom is 0.255 e. The second kappa shape index (κ2) is 8.69. The molecule has 31 heavy (non-hydrogen) atoms. The molecule has 0 atom stereocenters. The second-order valence-electron chi connectivity index (χ2n) is 7.01. The van der Waals surface area contributed by atoms with Crippen LogP contribution in [0.3, 0.4) is 0 Å². The summed E-state index contributed by atoms with van der Waals surface area (Å²) < 4.78 is 8.57. The van der Waals surface area contributed by atoms with Crippen LogP contribution in [-0.4, -0.2) is 25.7 Å². The summed E-state index contributed by atoms with van der Waals surface area (Å²) in [5, 5.41) is 7.39. The molecule has 8 heteroatoms. The number of anilines is 1. The number of hydrogen-bond acceptors (Lipinski definition) is 5. The fraction of sp³-hybridized carbons (Fsp3) is 0.130. The topological polar surface area (TPSA) is 81.9 Å². The molecule has 0 spiro atoms. The standard InChI is InChI=1S/C23H20BrN5O2/c1-14-15(2)28-29(16(14)3)21-12-22(26-13-25-21)31-20-10-8-19(9-11-20)27-23(30)17-4-6-18(24)7-5-17/h4-13H,1-3H3,(H,27,30). The van der Waals surface area contributed by atoms with E-state index in [9.17, 15) is 4.79 Å². The number of aromatic nitrogens is 4. The van der Waals surface area contributed by atoms with Gasteiger partial charge in [0.25, 0.3) is 5.91 Å².